The number of fused-ring (bicyclic) bond motifs is 1. The third kappa shape index (κ3) is 3.88. The van der Waals surface area contributed by atoms with Crippen LogP contribution in [0.1, 0.15) is 18.9 Å². The van der Waals surface area contributed by atoms with Crippen LogP contribution in [0.3, 0.4) is 0 Å². The third-order valence-corrected chi connectivity index (χ3v) is 5.84. The second-order valence-corrected chi connectivity index (χ2v) is 8.25. The van der Waals surface area contributed by atoms with Gasteiger partial charge in [-0.15, -0.1) is 0 Å². The summed E-state index contributed by atoms with van der Waals surface area (Å²) in [5.41, 5.74) is -0.796. The zero-order chi connectivity index (χ0) is 22.2. The van der Waals surface area contributed by atoms with Crippen molar-refractivity contribution in [2.75, 3.05) is 6.61 Å². The second-order valence-electron chi connectivity index (χ2n) is 7.33. The van der Waals surface area contributed by atoms with Crippen molar-refractivity contribution in [3.8, 4) is 11.6 Å². The zero-order valence-corrected chi connectivity index (χ0v) is 18.2. The number of ether oxygens (including phenoxy) is 1. The summed E-state index contributed by atoms with van der Waals surface area (Å²) in [6.07, 6.45) is 2.07. The van der Waals surface area contributed by atoms with Gasteiger partial charge < -0.3 is 19.7 Å². The molecule has 1 aliphatic rings. The van der Waals surface area contributed by atoms with Gasteiger partial charge in [0.2, 0.25) is 0 Å². The molecule has 0 spiro atoms. The van der Waals surface area contributed by atoms with Crippen LogP contribution in [0.5, 0.6) is 11.6 Å². The number of nitrogens with one attached hydrogen (secondary N) is 2. The number of aromatic nitrogens is 1. The number of amides is 3. The first-order chi connectivity index (χ1) is 14.8. The summed E-state index contributed by atoms with van der Waals surface area (Å²) in [5, 5.41) is 17.0. The van der Waals surface area contributed by atoms with Gasteiger partial charge in [0.15, 0.2) is 17.2 Å². The normalized spacial score (nSPS) is 18.1. The average Bonchev–Trinajstić information content (AvgIpc) is 3.22. The minimum absolute atomic E-state index is 0.0139. The van der Waals surface area contributed by atoms with Gasteiger partial charge in [0.05, 0.1) is 6.54 Å². The number of urea groups is 1. The van der Waals surface area contributed by atoms with Crippen LogP contribution in [0.15, 0.2) is 53.1 Å². The summed E-state index contributed by atoms with van der Waals surface area (Å²) < 4.78 is 7.86. The highest BCUT2D eigenvalue weighted by Crippen LogP contribution is 2.35. The minimum Gasteiger partial charge on any atom is -0.494 e. The number of rotatable bonds is 7. The lowest BCUT2D eigenvalue weighted by atomic mass is 9.90. The number of carbonyl (C=O) groups excluding carboxylic acids is 3. The molecule has 3 amide bonds. The Morgan fingerprint density at radius 3 is 2.58 bits per heavy atom. The maximum Gasteiger partial charge on any atom is 0.322 e. The van der Waals surface area contributed by atoms with E-state index in [0.717, 1.165) is 4.47 Å². The molecule has 1 fully saturated rings. The van der Waals surface area contributed by atoms with Crippen LogP contribution in [0.4, 0.5) is 4.79 Å². The van der Waals surface area contributed by atoms with Crippen LogP contribution in [-0.4, -0.2) is 34.0 Å². The van der Waals surface area contributed by atoms with E-state index < -0.39 is 17.5 Å². The van der Waals surface area contributed by atoms with Crippen LogP contribution >= 0.6 is 15.9 Å². The Morgan fingerprint density at radius 1 is 1.19 bits per heavy atom. The Labute approximate surface area is 186 Å². The number of hydrogen-bond acceptors (Lipinski definition) is 5. The van der Waals surface area contributed by atoms with Crippen molar-refractivity contribution in [3.05, 3.63) is 58.7 Å². The van der Waals surface area contributed by atoms with E-state index in [1.807, 2.05) is 0 Å². The molecule has 160 valence electrons. The molecule has 0 aliphatic carbocycles. The molecule has 3 aromatic rings. The van der Waals surface area contributed by atoms with E-state index in [-0.39, 0.29) is 24.8 Å². The van der Waals surface area contributed by atoms with E-state index in [1.165, 1.54) is 4.57 Å². The molecular formula is C22H20BrN3O5. The van der Waals surface area contributed by atoms with Crippen LogP contribution < -0.4 is 15.4 Å². The van der Waals surface area contributed by atoms with Crippen molar-refractivity contribution in [3.63, 3.8) is 0 Å². The summed E-state index contributed by atoms with van der Waals surface area (Å²) in [6.45, 7) is 1.73. The zero-order valence-electron chi connectivity index (χ0n) is 16.6. The fourth-order valence-corrected chi connectivity index (χ4v) is 3.86. The Morgan fingerprint density at radius 2 is 1.94 bits per heavy atom. The predicted octanol–water partition coefficient (Wildman–Crippen LogP) is 3.20. The van der Waals surface area contributed by atoms with E-state index in [4.69, 9.17) is 4.74 Å². The Hall–Kier alpha value is -3.33. The molecule has 3 N–H and O–H groups in total. The molecule has 31 heavy (non-hydrogen) atoms. The number of imide groups is 1. The van der Waals surface area contributed by atoms with Gasteiger partial charge in [-0.05, 0) is 35.9 Å². The molecule has 1 saturated heterocycles. The number of halogens is 1. The van der Waals surface area contributed by atoms with Crippen molar-refractivity contribution < 1.29 is 24.2 Å². The highest BCUT2D eigenvalue weighted by Gasteiger charge is 2.48. The van der Waals surface area contributed by atoms with Gasteiger partial charge in [0.1, 0.15) is 12.4 Å². The highest BCUT2D eigenvalue weighted by molar-refractivity contribution is 9.10. The Balaban J connectivity index is 1.70. The van der Waals surface area contributed by atoms with Crippen molar-refractivity contribution in [2.24, 2.45) is 0 Å². The van der Waals surface area contributed by atoms with E-state index in [2.05, 4.69) is 26.6 Å². The summed E-state index contributed by atoms with van der Waals surface area (Å²) in [6, 6.07) is 11.5. The molecule has 1 unspecified atom stereocenters. The molecule has 0 bridgehead atoms. The third-order valence-electron chi connectivity index (χ3n) is 5.31. The molecule has 0 saturated carbocycles. The summed E-state index contributed by atoms with van der Waals surface area (Å²) in [7, 11) is 0. The minimum atomic E-state index is -1.38. The van der Waals surface area contributed by atoms with Crippen LogP contribution in [0.25, 0.3) is 10.8 Å². The lowest BCUT2D eigenvalue weighted by Gasteiger charge is -2.27. The summed E-state index contributed by atoms with van der Waals surface area (Å²) in [5.74, 6) is -0.0587. The molecule has 2 heterocycles. The van der Waals surface area contributed by atoms with Gasteiger partial charge in [0, 0.05) is 27.9 Å². The fourth-order valence-electron chi connectivity index (χ4n) is 3.60. The first kappa shape index (κ1) is 20.9. The predicted molar refractivity (Wildman–Crippen MR) is 117 cm³/mol. The standard InChI is InChI=1S/C22H20BrN3O5/c1-2-16(27)11-31-17-7-8-18-13(9-17)10-26(19(18)28)12-22(20(29)24-21(30)25-22)14-3-5-15(23)6-4-14/h3-10,28H,2,11-12H2,1H3,(H2,24,25,29,30). The smallest absolute Gasteiger partial charge is 0.322 e. The van der Waals surface area contributed by atoms with Crippen molar-refractivity contribution in [2.45, 2.75) is 25.4 Å². The number of Topliss-reactive ketones (excluding diaryl/α,β-unsaturated/α-hetero) is 1. The number of benzene rings is 2. The van der Waals surface area contributed by atoms with Crippen LogP contribution in [0.2, 0.25) is 0 Å². The van der Waals surface area contributed by atoms with Crippen LogP contribution in [0, 0.1) is 0 Å². The molecule has 2 aromatic carbocycles. The van der Waals surface area contributed by atoms with Gasteiger partial charge >= 0.3 is 6.03 Å². The maximum atomic E-state index is 12.8. The Kier molecular flexibility index (Phi) is 5.45. The van der Waals surface area contributed by atoms with Gasteiger partial charge in [-0.3, -0.25) is 14.9 Å². The molecule has 4 rings (SSSR count). The molecule has 9 heteroatoms. The van der Waals surface area contributed by atoms with Crippen molar-refractivity contribution >= 4 is 44.4 Å². The van der Waals surface area contributed by atoms with Crippen molar-refractivity contribution in [1.82, 2.24) is 15.2 Å². The van der Waals surface area contributed by atoms with Gasteiger partial charge in [-0.2, -0.15) is 0 Å². The average molecular weight is 486 g/mol. The van der Waals surface area contributed by atoms with E-state index in [0.29, 0.717) is 28.5 Å². The molecule has 1 aromatic heterocycles. The molecular weight excluding hydrogens is 466 g/mol. The van der Waals surface area contributed by atoms with E-state index >= 15 is 0 Å². The van der Waals surface area contributed by atoms with Crippen LogP contribution in [-0.2, 0) is 21.7 Å². The second kappa shape index (κ2) is 8.07. The number of nitrogens with zero attached hydrogens (tertiary/aromatic N) is 1. The number of aromatic hydroxyl groups is 1. The Bertz CT molecular complexity index is 1190. The molecule has 1 aliphatic heterocycles. The SMILES string of the molecule is CCC(=O)COc1ccc2c(O)n(CC3(c4ccc(Br)cc4)NC(=O)NC3=O)cc2c1. The number of ketones is 1. The first-order valence-electron chi connectivity index (χ1n) is 9.68. The number of carbonyl (C=O) groups is 3. The first-order valence-corrected chi connectivity index (χ1v) is 10.5. The highest BCUT2D eigenvalue weighted by atomic mass is 79.9. The lowest BCUT2D eigenvalue weighted by molar-refractivity contribution is -0.125. The monoisotopic (exact) mass is 485 g/mol. The fraction of sp³-hybridized carbons (Fsp3) is 0.227. The number of hydrogen-bond donors (Lipinski definition) is 3. The quantitative estimate of drug-likeness (QED) is 0.445. The lowest BCUT2D eigenvalue weighted by Crippen LogP contribution is -2.47. The molecule has 8 nitrogen and oxygen atoms in total. The largest absolute Gasteiger partial charge is 0.494 e. The van der Waals surface area contributed by atoms with E-state index in [9.17, 15) is 19.5 Å². The molecule has 0 radical (unpaired) electrons. The maximum absolute atomic E-state index is 12.8. The summed E-state index contributed by atoms with van der Waals surface area (Å²) >= 11 is 3.37. The summed E-state index contributed by atoms with van der Waals surface area (Å²) in [4.78, 5) is 36.3. The van der Waals surface area contributed by atoms with Crippen molar-refractivity contribution in [1.29, 1.82) is 0 Å². The van der Waals surface area contributed by atoms with Gasteiger partial charge in [-0.25, -0.2) is 4.79 Å². The van der Waals surface area contributed by atoms with E-state index in [1.54, 1.807) is 55.6 Å². The van der Waals surface area contributed by atoms with Gasteiger partial charge in [-0.1, -0.05) is 35.0 Å². The molecule has 1 atom stereocenters. The topological polar surface area (TPSA) is 110 Å². The van der Waals surface area contributed by atoms with Gasteiger partial charge in [0.25, 0.3) is 5.91 Å².